The number of nitro benzene ring substituents is 1. The molecular formula is C23H17ClN4O3S. The zero-order chi connectivity index (χ0) is 22.5. The van der Waals surface area contributed by atoms with E-state index in [0.29, 0.717) is 16.6 Å². The van der Waals surface area contributed by atoms with E-state index in [-0.39, 0.29) is 22.8 Å². The summed E-state index contributed by atoms with van der Waals surface area (Å²) in [5, 5.41) is 20.8. The lowest BCUT2D eigenvalue weighted by atomic mass is 10.1. The van der Waals surface area contributed by atoms with Crippen LogP contribution in [0.5, 0.6) is 0 Å². The standard InChI is InChI=1S/C23H17ClN4O3S/c24-18-9-11-19(12-10-18)27-22(13-16-5-2-1-3-6-16)25-26-23(27)32-15-21(29)17-7-4-8-20(14-17)28(30)31/h1-12,14H,13,15H2. The van der Waals surface area contributed by atoms with Crippen molar-refractivity contribution in [3.63, 3.8) is 0 Å². The fraction of sp³-hybridized carbons (Fsp3) is 0.0870. The third-order valence-corrected chi connectivity index (χ3v) is 5.88. The Morgan fingerprint density at radius 3 is 2.47 bits per heavy atom. The van der Waals surface area contributed by atoms with Crippen molar-refractivity contribution in [3.05, 3.63) is 111 Å². The molecular weight excluding hydrogens is 448 g/mol. The molecule has 0 amide bonds. The molecule has 0 aliphatic carbocycles. The Morgan fingerprint density at radius 2 is 1.75 bits per heavy atom. The number of aromatic nitrogens is 3. The molecule has 160 valence electrons. The van der Waals surface area contributed by atoms with Crippen molar-refractivity contribution in [1.82, 2.24) is 14.8 Å². The summed E-state index contributed by atoms with van der Waals surface area (Å²) < 4.78 is 1.90. The number of rotatable bonds is 8. The lowest BCUT2D eigenvalue weighted by molar-refractivity contribution is -0.384. The minimum atomic E-state index is -0.517. The van der Waals surface area contributed by atoms with Gasteiger partial charge in [-0.05, 0) is 29.8 Å². The predicted molar refractivity (Wildman–Crippen MR) is 124 cm³/mol. The Morgan fingerprint density at radius 1 is 1.00 bits per heavy atom. The van der Waals surface area contributed by atoms with E-state index in [1.54, 1.807) is 18.2 Å². The number of ketones is 1. The molecule has 4 aromatic rings. The maximum atomic E-state index is 12.7. The van der Waals surface area contributed by atoms with Gasteiger partial charge in [0.2, 0.25) is 0 Å². The van der Waals surface area contributed by atoms with Crippen molar-refractivity contribution >= 4 is 34.8 Å². The van der Waals surface area contributed by atoms with Crippen LogP contribution in [0.2, 0.25) is 5.02 Å². The molecule has 3 aromatic carbocycles. The van der Waals surface area contributed by atoms with Gasteiger partial charge in [-0.3, -0.25) is 19.5 Å². The van der Waals surface area contributed by atoms with Crippen molar-refractivity contribution < 1.29 is 9.72 Å². The molecule has 0 saturated heterocycles. The highest BCUT2D eigenvalue weighted by Crippen LogP contribution is 2.26. The van der Waals surface area contributed by atoms with Crippen LogP contribution in [0.25, 0.3) is 5.69 Å². The molecule has 0 bridgehead atoms. The molecule has 7 nitrogen and oxygen atoms in total. The third kappa shape index (κ3) is 5.04. The van der Waals surface area contributed by atoms with Crippen LogP contribution in [0.4, 0.5) is 5.69 Å². The van der Waals surface area contributed by atoms with Gasteiger partial charge in [-0.15, -0.1) is 10.2 Å². The van der Waals surface area contributed by atoms with E-state index in [4.69, 9.17) is 11.6 Å². The van der Waals surface area contributed by atoms with E-state index in [1.165, 1.54) is 30.0 Å². The highest BCUT2D eigenvalue weighted by atomic mass is 35.5. The Bertz CT molecular complexity index is 1260. The summed E-state index contributed by atoms with van der Waals surface area (Å²) in [5.74, 6) is 0.566. The Hall–Kier alpha value is -3.49. The van der Waals surface area contributed by atoms with Gasteiger partial charge >= 0.3 is 0 Å². The second kappa shape index (κ2) is 9.76. The van der Waals surface area contributed by atoms with Crippen molar-refractivity contribution in [1.29, 1.82) is 0 Å². The van der Waals surface area contributed by atoms with Gasteiger partial charge in [0.1, 0.15) is 5.82 Å². The van der Waals surface area contributed by atoms with Crippen LogP contribution in [0.1, 0.15) is 21.7 Å². The molecule has 0 unspecified atom stereocenters. The minimum absolute atomic E-state index is 0.0677. The summed E-state index contributed by atoms with van der Waals surface area (Å²) in [4.78, 5) is 23.1. The number of hydrogen-bond acceptors (Lipinski definition) is 6. The number of non-ortho nitro benzene ring substituents is 1. The van der Waals surface area contributed by atoms with E-state index < -0.39 is 4.92 Å². The maximum Gasteiger partial charge on any atom is 0.270 e. The smallest absolute Gasteiger partial charge is 0.270 e. The van der Waals surface area contributed by atoms with Crippen molar-refractivity contribution in [2.75, 3.05) is 5.75 Å². The lowest BCUT2D eigenvalue weighted by Crippen LogP contribution is -2.07. The molecule has 4 rings (SSSR count). The van der Waals surface area contributed by atoms with E-state index in [2.05, 4.69) is 10.2 Å². The number of carbonyl (C=O) groups is 1. The summed E-state index contributed by atoms with van der Waals surface area (Å²) in [6.45, 7) is 0. The van der Waals surface area contributed by atoms with Crippen LogP contribution in [0.15, 0.2) is 84.0 Å². The van der Waals surface area contributed by atoms with Crippen molar-refractivity contribution in [2.24, 2.45) is 0 Å². The molecule has 0 saturated carbocycles. The van der Waals surface area contributed by atoms with E-state index >= 15 is 0 Å². The minimum Gasteiger partial charge on any atom is -0.293 e. The number of halogens is 1. The Kier molecular flexibility index (Phi) is 6.63. The van der Waals surface area contributed by atoms with Crippen LogP contribution in [-0.2, 0) is 6.42 Å². The summed E-state index contributed by atoms with van der Waals surface area (Å²) >= 11 is 7.28. The fourth-order valence-electron chi connectivity index (χ4n) is 3.14. The second-order valence-corrected chi connectivity index (χ2v) is 8.27. The highest BCUT2D eigenvalue weighted by molar-refractivity contribution is 7.99. The zero-order valence-corrected chi connectivity index (χ0v) is 18.3. The summed E-state index contributed by atoms with van der Waals surface area (Å²) in [5.41, 5.74) is 2.08. The Labute approximate surface area is 193 Å². The SMILES string of the molecule is O=C(CSc1nnc(Cc2ccccc2)n1-c1ccc(Cl)cc1)c1cccc([N+](=O)[O-])c1. The molecule has 1 heterocycles. The zero-order valence-electron chi connectivity index (χ0n) is 16.7. The van der Waals surface area contributed by atoms with Crippen molar-refractivity contribution in [2.45, 2.75) is 11.6 Å². The first-order chi connectivity index (χ1) is 15.5. The first-order valence-corrected chi connectivity index (χ1v) is 11.0. The van der Waals surface area contributed by atoms with E-state index in [1.807, 2.05) is 47.0 Å². The van der Waals surface area contributed by atoms with Crippen LogP contribution >= 0.6 is 23.4 Å². The largest absolute Gasteiger partial charge is 0.293 e. The summed E-state index contributed by atoms with van der Waals surface area (Å²) in [6.07, 6.45) is 0.565. The van der Waals surface area contributed by atoms with Gasteiger partial charge in [0.05, 0.1) is 10.7 Å². The average Bonchev–Trinajstić information content (AvgIpc) is 3.21. The highest BCUT2D eigenvalue weighted by Gasteiger charge is 2.18. The third-order valence-electron chi connectivity index (χ3n) is 4.70. The average molecular weight is 465 g/mol. The number of benzene rings is 3. The molecule has 0 fully saturated rings. The quantitative estimate of drug-likeness (QED) is 0.150. The van der Waals surface area contributed by atoms with Crippen LogP contribution in [0, 0.1) is 10.1 Å². The monoisotopic (exact) mass is 464 g/mol. The van der Waals surface area contributed by atoms with E-state index in [9.17, 15) is 14.9 Å². The molecule has 1 aromatic heterocycles. The Balaban J connectivity index is 1.60. The molecule has 0 spiro atoms. The van der Waals surface area contributed by atoms with E-state index in [0.717, 1.165) is 17.1 Å². The molecule has 32 heavy (non-hydrogen) atoms. The van der Waals surface area contributed by atoms with Gasteiger partial charge in [0, 0.05) is 34.8 Å². The van der Waals surface area contributed by atoms with Gasteiger partial charge in [-0.2, -0.15) is 0 Å². The molecule has 9 heteroatoms. The van der Waals surface area contributed by atoms with Gasteiger partial charge in [0.15, 0.2) is 10.9 Å². The van der Waals surface area contributed by atoms with Gasteiger partial charge in [0.25, 0.3) is 5.69 Å². The van der Waals surface area contributed by atoms with Crippen molar-refractivity contribution in [3.8, 4) is 5.69 Å². The van der Waals surface area contributed by atoms with Crippen LogP contribution < -0.4 is 0 Å². The molecule has 0 aliphatic heterocycles. The number of thioether (sulfide) groups is 1. The van der Waals surface area contributed by atoms with Crippen LogP contribution in [-0.4, -0.2) is 31.2 Å². The first kappa shape index (κ1) is 21.7. The van der Waals surface area contributed by atoms with Gasteiger partial charge < -0.3 is 0 Å². The molecule has 0 aliphatic rings. The first-order valence-electron chi connectivity index (χ1n) is 9.66. The number of nitrogens with zero attached hydrogens (tertiary/aromatic N) is 4. The second-order valence-electron chi connectivity index (χ2n) is 6.89. The maximum absolute atomic E-state index is 12.7. The predicted octanol–water partition coefficient (Wildman–Crippen LogP) is 5.39. The number of hydrogen-bond donors (Lipinski definition) is 0. The lowest BCUT2D eigenvalue weighted by Gasteiger charge is -2.10. The number of carbonyl (C=O) groups excluding carboxylic acids is 1. The molecule has 0 radical (unpaired) electrons. The van der Waals surface area contributed by atoms with Crippen LogP contribution in [0.3, 0.4) is 0 Å². The molecule has 0 atom stereocenters. The fourth-order valence-corrected chi connectivity index (χ4v) is 4.13. The molecule has 0 N–H and O–H groups in total. The normalized spacial score (nSPS) is 10.8. The van der Waals surface area contributed by atoms with Gasteiger partial charge in [-0.1, -0.05) is 65.8 Å². The van der Waals surface area contributed by atoms with Gasteiger partial charge in [-0.25, -0.2) is 0 Å². The topological polar surface area (TPSA) is 90.9 Å². The number of nitro groups is 1. The summed E-state index contributed by atoms with van der Waals surface area (Å²) in [7, 11) is 0. The number of Topliss-reactive ketones (excluding diaryl/α,β-unsaturated/α-hetero) is 1. The summed E-state index contributed by atoms with van der Waals surface area (Å²) in [6, 6.07) is 22.9.